The van der Waals surface area contributed by atoms with Crippen LogP contribution in [0.5, 0.6) is 5.75 Å². The summed E-state index contributed by atoms with van der Waals surface area (Å²) >= 11 is 0. The summed E-state index contributed by atoms with van der Waals surface area (Å²) < 4.78 is 5.35. The van der Waals surface area contributed by atoms with E-state index in [9.17, 15) is 9.59 Å². The molecule has 2 rings (SSSR count). The maximum Gasteiger partial charge on any atom is 0.220 e. The SMILES string of the molecule is CCOc1ccc(C(=O)CCC(=O)NC2CNCCC2C)cc1. The lowest BCUT2D eigenvalue weighted by atomic mass is 9.94. The third kappa shape index (κ3) is 5.36. The molecule has 5 nitrogen and oxygen atoms in total. The van der Waals surface area contributed by atoms with Crippen LogP contribution in [0.2, 0.25) is 0 Å². The number of carbonyl (C=O) groups excluding carboxylic acids is 2. The van der Waals surface area contributed by atoms with Crippen LogP contribution in [0.15, 0.2) is 24.3 Å². The van der Waals surface area contributed by atoms with Gasteiger partial charge in [0.25, 0.3) is 0 Å². The molecule has 1 aromatic rings. The molecule has 1 amide bonds. The highest BCUT2D eigenvalue weighted by Gasteiger charge is 2.22. The molecule has 1 aliphatic rings. The lowest BCUT2D eigenvalue weighted by Gasteiger charge is -2.30. The van der Waals surface area contributed by atoms with Crippen LogP contribution in [-0.4, -0.2) is 37.4 Å². The van der Waals surface area contributed by atoms with E-state index in [1.807, 2.05) is 6.92 Å². The number of carbonyl (C=O) groups is 2. The van der Waals surface area contributed by atoms with E-state index < -0.39 is 0 Å². The first-order chi connectivity index (χ1) is 11.1. The van der Waals surface area contributed by atoms with E-state index in [4.69, 9.17) is 4.74 Å². The third-order valence-electron chi connectivity index (χ3n) is 4.24. The Morgan fingerprint density at radius 1 is 1.26 bits per heavy atom. The minimum Gasteiger partial charge on any atom is -0.494 e. The van der Waals surface area contributed by atoms with Gasteiger partial charge in [-0.25, -0.2) is 0 Å². The van der Waals surface area contributed by atoms with Crippen molar-refractivity contribution in [3.8, 4) is 5.75 Å². The zero-order chi connectivity index (χ0) is 16.7. The number of amides is 1. The summed E-state index contributed by atoms with van der Waals surface area (Å²) in [4.78, 5) is 24.2. The van der Waals surface area contributed by atoms with Crippen molar-refractivity contribution >= 4 is 11.7 Å². The Balaban J connectivity index is 1.77. The Kier molecular flexibility index (Phi) is 6.59. The van der Waals surface area contributed by atoms with Gasteiger partial charge in [0.1, 0.15) is 5.75 Å². The molecular weight excluding hydrogens is 292 g/mol. The highest BCUT2D eigenvalue weighted by molar-refractivity contribution is 5.98. The number of nitrogens with one attached hydrogen (secondary N) is 2. The number of piperidine rings is 1. The summed E-state index contributed by atoms with van der Waals surface area (Å²) in [7, 11) is 0. The van der Waals surface area contributed by atoms with Crippen LogP contribution in [0.1, 0.15) is 43.5 Å². The molecule has 126 valence electrons. The third-order valence-corrected chi connectivity index (χ3v) is 4.24. The van der Waals surface area contributed by atoms with E-state index in [2.05, 4.69) is 17.6 Å². The molecular formula is C18H26N2O3. The Bertz CT molecular complexity index is 528. The van der Waals surface area contributed by atoms with E-state index in [1.54, 1.807) is 24.3 Å². The average molecular weight is 318 g/mol. The first-order valence-electron chi connectivity index (χ1n) is 8.36. The normalized spacial score (nSPS) is 20.8. The standard InChI is InChI=1S/C18H26N2O3/c1-3-23-15-6-4-14(5-7-15)17(21)8-9-18(22)20-16-12-19-11-10-13(16)2/h4-7,13,16,19H,3,8-12H2,1-2H3,(H,20,22). The minimum absolute atomic E-state index is 0.0157. The van der Waals surface area contributed by atoms with Gasteiger partial charge in [-0.1, -0.05) is 6.92 Å². The molecule has 2 unspecified atom stereocenters. The number of rotatable bonds is 7. The van der Waals surface area contributed by atoms with E-state index in [1.165, 1.54) is 0 Å². The van der Waals surface area contributed by atoms with Crippen molar-refractivity contribution in [3.63, 3.8) is 0 Å². The largest absolute Gasteiger partial charge is 0.494 e. The van der Waals surface area contributed by atoms with E-state index in [0.29, 0.717) is 18.1 Å². The zero-order valence-corrected chi connectivity index (χ0v) is 13.9. The molecule has 1 aromatic carbocycles. The number of hydrogen-bond acceptors (Lipinski definition) is 4. The van der Waals surface area contributed by atoms with Crippen LogP contribution in [-0.2, 0) is 4.79 Å². The molecule has 23 heavy (non-hydrogen) atoms. The van der Waals surface area contributed by atoms with Crippen molar-refractivity contribution < 1.29 is 14.3 Å². The van der Waals surface area contributed by atoms with Gasteiger partial charge in [-0.15, -0.1) is 0 Å². The Morgan fingerprint density at radius 3 is 2.65 bits per heavy atom. The van der Waals surface area contributed by atoms with Gasteiger partial charge in [0.05, 0.1) is 6.61 Å². The molecule has 0 saturated carbocycles. The Labute approximate surface area is 137 Å². The fraction of sp³-hybridized carbons (Fsp3) is 0.556. The monoisotopic (exact) mass is 318 g/mol. The van der Waals surface area contributed by atoms with Crippen molar-refractivity contribution in [2.75, 3.05) is 19.7 Å². The molecule has 1 aliphatic heterocycles. The van der Waals surface area contributed by atoms with Crippen molar-refractivity contribution in [1.82, 2.24) is 10.6 Å². The van der Waals surface area contributed by atoms with Gasteiger partial charge in [0.15, 0.2) is 5.78 Å². The maximum atomic E-state index is 12.1. The predicted octanol–water partition coefficient (Wildman–Crippen LogP) is 2.16. The number of Topliss-reactive ketones (excluding diaryl/α,β-unsaturated/α-hetero) is 1. The quantitative estimate of drug-likeness (QED) is 0.756. The smallest absolute Gasteiger partial charge is 0.220 e. The summed E-state index contributed by atoms with van der Waals surface area (Å²) in [5, 5.41) is 6.31. The lowest BCUT2D eigenvalue weighted by Crippen LogP contribution is -2.50. The van der Waals surface area contributed by atoms with Gasteiger partial charge >= 0.3 is 0 Å². The van der Waals surface area contributed by atoms with Gasteiger partial charge in [-0.3, -0.25) is 9.59 Å². The van der Waals surface area contributed by atoms with Crippen molar-refractivity contribution in [2.45, 2.75) is 39.2 Å². The molecule has 5 heteroatoms. The highest BCUT2D eigenvalue weighted by Crippen LogP contribution is 2.15. The van der Waals surface area contributed by atoms with Crippen LogP contribution >= 0.6 is 0 Å². The minimum atomic E-state index is -0.0511. The van der Waals surface area contributed by atoms with Crippen molar-refractivity contribution in [1.29, 1.82) is 0 Å². The molecule has 1 heterocycles. The Morgan fingerprint density at radius 2 is 2.00 bits per heavy atom. The average Bonchev–Trinajstić information content (AvgIpc) is 2.56. The summed E-state index contributed by atoms with van der Waals surface area (Å²) in [6.07, 6.45) is 1.53. The van der Waals surface area contributed by atoms with Crippen LogP contribution in [0.3, 0.4) is 0 Å². The molecule has 0 aliphatic carbocycles. The van der Waals surface area contributed by atoms with Gasteiger partial charge in [0, 0.05) is 31.0 Å². The second kappa shape index (κ2) is 8.67. The van der Waals surface area contributed by atoms with Crippen LogP contribution in [0, 0.1) is 5.92 Å². The van der Waals surface area contributed by atoms with Crippen LogP contribution in [0.25, 0.3) is 0 Å². The first-order valence-corrected chi connectivity index (χ1v) is 8.36. The van der Waals surface area contributed by atoms with Gasteiger partial charge < -0.3 is 15.4 Å². The number of benzene rings is 1. The Hall–Kier alpha value is -1.88. The van der Waals surface area contributed by atoms with E-state index in [0.717, 1.165) is 25.3 Å². The summed E-state index contributed by atoms with van der Waals surface area (Å²) in [6, 6.07) is 7.23. The molecule has 0 aromatic heterocycles. The summed E-state index contributed by atoms with van der Waals surface area (Å²) in [5.41, 5.74) is 0.619. The fourth-order valence-electron chi connectivity index (χ4n) is 2.74. The van der Waals surface area contributed by atoms with Gasteiger partial charge in [-0.2, -0.15) is 0 Å². The molecule has 1 saturated heterocycles. The van der Waals surface area contributed by atoms with Gasteiger partial charge in [0.2, 0.25) is 5.91 Å². The molecule has 2 atom stereocenters. The highest BCUT2D eigenvalue weighted by atomic mass is 16.5. The van der Waals surface area contributed by atoms with E-state index >= 15 is 0 Å². The number of ketones is 1. The lowest BCUT2D eigenvalue weighted by molar-refractivity contribution is -0.122. The topological polar surface area (TPSA) is 67.4 Å². The van der Waals surface area contributed by atoms with Crippen LogP contribution < -0.4 is 15.4 Å². The molecule has 2 N–H and O–H groups in total. The van der Waals surface area contributed by atoms with Gasteiger partial charge in [-0.05, 0) is 50.1 Å². The molecule has 0 spiro atoms. The van der Waals surface area contributed by atoms with E-state index in [-0.39, 0.29) is 30.6 Å². The fourth-order valence-corrected chi connectivity index (χ4v) is 2.74. The van der Waals surface area contributed by atoms with Crippen molar-refractivity contribution in [2.24, 2.45) is 5.92 Å². The molecule has 1 fully saturated rings. The number of ether oxygens (including phenoxy) is 1. The molecule has 0 bridgehead atoms. The molecule has 0 radical (unpaired) electrons. The van der Waals surface area contributed by atoms with Crippen molar-refractivity contribution in [3.05, 3.63) is 29.8 Å². The zero-order valence-electron chi connectivity index (χ0n) is 13.9. The summed E-state index contributed by atoms with van der Waals surface area (Å²) in [5.74, 6) is 1.16. The first kappa shape index (κ1) is 17.5. The van der Waals surface area contributed by atoms with Crippen LogP contribution in [0.4, 0.5) is 0 Å². The predicted molar refractivity (Wildman–Crippen MR) is 89.8 cm³/mol. The number of hydrogen-bond donors (Lipinski definition) is 2. The second-order valence-corrected chi connectivity index (χ2v) is 6.02. The second-order valence-electron chi connectivity index (χ2n) is 6.02. The summed E-state index contributed by atoms with van der Waals surface area (Å²) in [6.45, 7) is 6.47. The maximum absolute atomic E-state index is 12.1.